The molecule has 11 nitrogen and oxygen atoms in total. The van der Waals surface area contributed by atoms with Gasteiger partial charge in [-0.2, -0.15) is 0 Å². The van der Waals surface area contributed by atoms with Crippen LogP contribution in [0.15, 0.2) is 58.3 Å². The molecule has 1 fully saturated rings. The first-order chi connectivity index (χ1) is 17.4. The van der Waals surface area contributed by atoms with Crippen molar-refractivity contribution in [3.05, 3.63) is 80.6 Å². The van der Waals surface area contributed by atoms with E-state index in [2.05, 4.69) is 15.3 Å². The molecule has 1 aromatic carbocycles. The van der Waals surface area contributed by atoms with Gasteiger partial charge in [0.15, 0.2) is 12.3 Å². The van der Waals surface area contributed by atoms with Crippen LogP contribution in [0.3, 0.4) is 0 Å². The van der Waals surface area contributed by atoms with E-state index in [1.54, 1.807) is 12.1 Å². The minimum atomic E-state index is -0.794. The van der Waals surface area contributed by atoms with Crippen molar-refractivity contribution in [1.29, 1.82) is 0 Å². The van der Waals surface area contributed by atoms with Crippen LogP contribution in [0.2, 0.25) is 0 Å². The summed E-state index contributed by atoms with van der Waals surface area (Å²) in [5.41, 5.74) is 5.57. The number of nitrogens with one attached hydrogen (secondary N) is 2. The van der Waals surface area contributed by atoms with Gasteiger partial charge in [-0.25, -0.2) is 14.6 Å². The number of esters is 1. The van der Waals surface area contributed by atoms with E-state index in [4.69, 9.17) is 10.5 Å². The van der Waals surface area contributed by atoms with Crippen molar-refractivity contribution in [1.82, 2.24) is 14.5 Å². The zero-order chi connectivity index (χ0) is 25.7. The van der Waals surface area contributed by atoms with E-state index in [0.717, 1.165) is 23.3 Å². The summed E-state index contributed by atoms with van der Waals surface area (Å²) in [6.45, 7) is 1.45. The number of H-pyrrole nitrogens is 1. The first kappa shape index (κ1) is 24.7. The number of amides is 1. The molecule has 0 bridgehead atoms. The highest BCUT2D eigenvalue weighted by molar-refractivity contribution is 5.98. The highest BCUT2D eigenvalue weighted by Crippen LogP contribution is 2.23. The van der Waals surface area contributed by atoms with Gasteiger partial charge in [-0.1, -0.05) is 37.3 Å². The average molecular weight is 493 g/mol. The van der Waals surface area contributed by atoms with E-state index in [0.29, 0.717) is 18.3 Å². The fourth-order valence-electron chi connectivity index (χ4n) is 3.67. The normalized spacial score (nSPS) is 12.7. The third-order valence-electron chi connectivity index (χ3n) is 5.67. The zero-order valence-corrected chi connectivity index (χ0v) is 19.9. The number of carbonyl (C=O) groups excluding carboxylic acids is 2. The lowest BCUT2D eigenvalue weighted by molar-refractivity contribution is -0.121. The number of carbonyl (C=O) groups is 2. The molecule has 1 saturated carbocycles. The Kier molecular flexibility index (Phi) is 7.47. The van der Waals surface area contributed by atoms with Crippen LogP contribution in [-0.2, 0) is 16.1 Å². The van der Waals surface area contributed by atoms with Crippen molar-refractivity contribution in [2.24, 2.45) is 0 Å². The van der Waals surface area contributed by atoms with Crippen molar-refractivity contribution in [3.63, 3.8) is 0 Å². The largest absolute Gasteiger partial charge is 0.452 e. The van der Waals surface area contributed by atoms with E-state index in [1.165, 1.54) is 10.8 Å². The van der Waals surface area contributed by atoms with Gasteiger partial charge in [-0.05, 0) is 37.0 Å². The minimum absolute atomic E-state index is 0.108. The fraction of sp³-hybridized carbons (Fsp3) is 0.320. The third kappa shape index (κ3) is 5.80. The Bertz CT molecular complexity index is 1350. The van der Waals surface area contributed by atoms with E-state index in [1.807, 2.05) is 37.3 Å². The number of aromatic nitrogens is 3. The van der Waals surface area contributed by atoms with Crippen LogP contribution in [0.4, 0.5) is 17.3 Å². The van der Waals surface area contributed by atoms with Crippen molar-refractivity contribution < 1.29 is 14.3 Å². The van der Waals surface area contributed by atoms with E-state index < -0.39 is 29.7 Å². The topological polar surface area (TPSA) is 152 Å². The van der Waals surface area contributed by atoms with Crippen molar-refractivity contribution in [2.75, 3.05) is 29.1 Å². The zero-order valence-electron chi connectivity index (χ0n) is 19.9. The number of nitrogen functional groups attached to an aromatic ring is 1. The van der Waals surface area contributed by atoms with Crippen molar-refractivity contribution in [2.45, 2.75) is 38.8 Å². The molecule has 36 heavy (non-hydrogen) atoms. The Morgan fingerprint density at radius 3 is 2.58 bits per heavy atom. The predicted octanol–water partition coefficient (Wildman–Crippen LogP) is 1.74. The molecule has 2 heterocycles. The number of hydrogen-bond donors (Lipinski definition) is 3. The number of ether oxygens (including phenoxy) is 1. The molecule has 4 rings (SSSR count). The second-order valence-electron chi connectivity index (χ2n) is 8.54. The van der Waals surface area contributed by atoms with Gasteiger partial charge in [0.2, 0.25) is 0 Å². The van der Waals surface area contributed by atoms with Gasteiger partial charge in [-0.3, -0.25) is 19.1 Å². The lowest BCUT2D eigenvalue weighted by atomic mass is 10.2. The summed E-state index contributed by atoms with van der Waals surface area (Å²) in [5, 5.41) is 3.22. The fourth-order valence-corrected chi connectivity index (χ4v) is 3.67. The number of anilines is 3. The quantitative estimate of drug-likeness (QED) is 0.362. The molecular weight excluding hydrogens is 464 g/mol. The van der Waals surface area contributed by atoms with Gasteiger partial charge in [0.1, 0.15) is 11.6 Å². The lowest BCUT2D eigenvalue weighted by Crippen LogP contribution is -2.43. The monoisotopic (exact) mass is 492 g/mol. The maximum Gasteiger partial charge on any atom is 0.340 e. The van der Waals surface area contributed by atoms with Crippen molar-refractivity contribution in [3.8, 4) is 0 Å². The molecule has 3 aromatic rings. The van der Waals surface area contributed by atoms with E-state index in [-0.39, 0.29) is 30.2 Å². The highest BCUT2D eigenvalue weighted by Gasteiger charge is 2.25. The maximum atomic E-state index is 13.0. The summed E-state index contributed by atoms with van der Waals surface area (Å²) < 4.78 is 6.38. The average Bonchev–Trinajstić information content (AvgIpc) is 3.69. The number of pyridine rings is 1. The van der Waals surface area contributed by atoms with Crippen LogP contribution < -0.4 is 27.2 Å². The number of hydrogen-bond acceptors (Lipinski definition) is 8. The summed E-state index contributed by atoms with van der Waals surface area (Å²) in [6, 6.07) is 12.8. The Morgan fingerprint density at radius 1 is 1.19 bits per heavy atom. The van der Waals surface area contributed by atoms with Gasteiger partial charge in [0.25, 0.3) is 11.5 Å². The van der Waals surface area contributed by atoms with Gasteiger partial charge >= 0.3 is 11.7 Å². The van der Waals surface area contributed by atoms with Gasteiger partial charge in [0, 0.05) is 18.8 Å². The minimum Gasteiger partial charge on any atom is -0.452 e. The molecule has 0 spiro atoms. The summed E-state index contributed by atoms with van der Waals surface area (Å²) in [7, 11) is 0. The number of benzene rings is 1. The molecule has 1 amide bonds. The van der Waals surface area contributed by atoms with Gasteiger partial charge in [0.05, 0.1) is 12.1 Å². The molecular formula is C25H28N6O5. The molecule has 0 radical (unpaired) electrons. The second kappa shape index (κ2) is 10.9. The number of nitrogens with zero attached hydrogens (tertiary/aromatic N) is 3. The molecule has 0 atom stereocenters. The van der Waals surface area contributed by atoms with Crippen LogP contribution in [0, 0.1) is 0 Å². The third-order valence-corrected chi connectivity index (χ3v) is 5.67. The number of rotatable bonds is 10. The summed E-state index contributed by atoms with van der Waals surface area (Å²) in [5.74, 6) is -0.850. The van der Waals surface area contributed by atoms with Gasteiger partial charge in [-0.15, -0.1) is 0 Å². The van der Waals surface area contributed by atoms with Crippen LogP contribution >= 0.6 is 0 Å². The number of aromatic amines is 1. The van der Waals surface area contributed by atoms with Crippen LogP contribution in [-0.4, -0.2) is 45.6 Å². The Labute approximate surface area is 206 Å². The first-order valence-corrected chi connectivity index (χ1v) is 11.7. The predicted molar refractivity (Wildman–Crippen MR) is 135 cm³/mol. The first-order valence-electron chi connectivity index (χ1n) is 11.7. The van der Waals surface area contributed by atoms with Crippen molar-refractivity contribution >= 4 is 29.2 Å². The molecule has 11 heteroatoms. The molecule has 1 aliphatic rings. The molecule has 1 aliphatic carbocycles. The van der Waals surface area contributed by atoms with Gasteiger partial charge < -0.3 is 20.7 Å². The SMILES string of the molecule is CCCN(C(=O)COC(=O)c1ccc(NC2CC2)nc1)c1c(N)n(Cc2ccccc2)c(=O)[nH]c1=O. The Morgan fingerprint density at radius 2 is 1.94 bits per heavy atom. The van der Waals surface area contributed by atoms with Crippen LogP contribution in [0.1, 0.15) is 42.1 Å². The molecule has 2 aromatic heterocycles. The molecule has 4 N–H and O–H groups in total. The molecule has 188 valence electrons. The Balaban J connectivity index is 1.50. The molecule has 0 aliphatic heterocycles. The molecule has 0 saturated heterocycles. The second-order valence-corrected chi connectivity index (χ2v) is 8.54. The van der Waals surface area contributed by atoms with Crippen LogP contribution in [0.25, 0.3) is 0 Å². The number of nitrogens with two attached hydrogens (primary N) is 1. The summed E-state index contributed by atoms with van der Waals surface area (Å²) >= 11 is 0. The van der Waals surface area contributed by atoms with Crippen LogP contribution in [0.5, 0.6) is 0 Å². The van der Waals surface area contributed by atoms with E-state index in [9.17, 15) is 19.2 Å². The molecule has 0 unspecified atom stereocenters. The standard InChI is InChI=1S/C25H28N6O5/c1-2-12-30(20(32)15-36-24(34)17-8-11-19(27-13-17)28-18-9-10-18)21-22(26)31(25(35)29-23(21)33)14-16-6-4-3-5-7-16/h3-8,11,13,18H,2,9-10,12,14-15,26H2,1H3,(H,27,28)(H,29,33,35). The maximum absolute atomic E-state index is 13.0. The lowest BCUT2D eigenvalue weighted by Gasteiger charge is -2.24. The summed E-state index contributed by atoms with van der Waals surface area (Å²) in [6.07, 6.45) is 4.07. The Hall–Kier alpha value is -4.41. The highest BCUT2D eigenvalue weighted by atomic mass is 16.5. The summed E-state index contributed by atoms with van der Waals surface area (Å²) in [4.78, 5) is 58.2. The van der Waals surface area contributed by atoms with E-state index >= 15 is 0 Å². The smallest absolute Gasteiger partial charge is 0.340 e.